The van der Waals surface area contributed by atoms with Crippen molar-refractivity contribution in [3.8, 4) is 0 Å². The second-order valence-corrected chi connectivity index (χ2v) is 9.61. The van der Waals surface area contributed by atoms with Crippen molar-refractivity contribution in [1.29, 1.82) is 0 Å². The Labute approximate surface area is 199 Å². The first-order valence-corrected chi connectivity index (χ1v) is 11.1. The maximum absolute atomic E-state index is 12.7. The Balaban J connectivity index is 1.71. The fraction of sp³-hybridized carbons (Fsp3) is 0.350. The van der Waals surface area contributed by atoms with Gasteiger partial charge in [0.2, 0.25) is 0 Å². The van der Waals surface area contributed by atoms with Gasteiger partial charge in [-0.05, 0) is 18.4 Å². The van der Waals surface area contributed by atoms with Crippen molar-refractivity contribution >= 4 is 46.4 Å². The van der Waals surface area contributed by atoms with E-state index in [0.717, 1.165) is 16.9 Å². The first-order chi connectivity index (χ1) is 15.5. The largest absolute Gasteiger partial charge is 0.383 e. The summed E-state index contributed by atoms with van der Waals surface area (Å²) in [6.45, 7) is 7.72. The number of nitrogens with two attached hydrogens (primary N) is 2. The molecule has 0 aromatic carbocycles. The second kappa shape index (κ2) is 9.73. The van der Waals surface area contributed by atoms with Crippen LogP contribution in [0, 0.1) is 0 Å². The van der Waals surface area contributed by atoms with Crippen molar-refractivity contribution in [3.05, 3.63) is 50.4 Å². The zero-order valence-electron chi connectivity index (χ0n) is 18.5. The van der Waals surface area contributed by atoms with E-state index in [9.17, 15) is 9.59 Å². The molecule has 0 saturated heterocycles. The quantitative estimate of drug-likeness (QED) is 0.405. The van der Waals surface area contributed by atoms with Crippen molar-refractivity contribution in [2.24, 2.45) is 5.73 Å². The highest BCUT2D eigenvalue weighted by molar-refractivity contribution is 7.13. The van der Waals surface area contributed by atoms with E-state index in [1.54, 1.807) is 13.0 Å². The first kappa shape index (κ1) is 24.4. The van der Waals surface area contributed by atoms with E-state index in [2.05, 4.69) is 35.8 Å². The Morgan fingerprint density at radius 3 is 2.58 bits per heavy atom. The molecule has 0 spiro atoms. The number of thiazole rings is 1. The van der Waals surface area contributed by atoms with E-state index in [-0.39, 0.29) is 34.4 Å². The van der Waals surface area contributed by atoms with Gasteiger partial charge in [-0.3, -0.25) is 9.59 Å². The summed E-state index contributed by atoms with van der Waals surface area (Å²) < 4.78 is 0. The fourth-order valence-corrected chi connectivity index (χ4v) is 4.08. The lowest BCUT2D eigenvalue weighted by molar-refractivity contribution is 0.0933. The molecule has 1 atom stereocenters. The molecule has 6 N–H and O–H groups in total. The van der Waals surface area contributed by atoms with E-state index in [1.165, 1.54) is 12.5 Å². The van der Waals surface area contributed by atoms with Gasteiger partial charge in [0.05, 0.1) is 12.2 Å². The molecule has 174 valence electrons. The number of amides is 2. The fourth-order valence-electron chi connectivity index (χ4n) is 2.88. The predicted octanol–water partition coefficient (Wildman–Crippen LogP) is 2.46. The number of rotatable bonds is 6. The third kappa shape index (κ3) is 5.59. The molecule has 33 heavy (non-hydrogen) atoms. The molecule has 0 aliphatic carbocycles. The molecule has 3 aromatic rings. The van der Waals surface area contributed by atoms with Gasteiger partial charge in [-0.1, -0.05) is 32.4 Å². The van der Waals surface area contributed by atoms with E-state index in [0.29, 0.717) is 15.4 Å². The van der Waals surface area contributed by atoms with Gasteiger partial charge in [-0.25, -0.2) is 15.0 Å². The van der Waals surface area contributed by atoms with Gasteiger partial charge in [-0.2, -0.15) is 0 Å². The van der Waals surface area contributed by atoms with Crippen LogP contribution in [0.1, 0.15) is 70.0 Å². The Kier molecular flexibility index (Phi) is 7.20. The van der Waals surface area contributed by atoms with E-state index >= 15 is 0 Å². The number of carbonyl (C=O) groups is 2. The number of hydrogen-bond donors (Lipinski definition) is 4. The molecule has 0 bridgehead atoms. The second-order valence-electron chi connectivity index (χ2n) is 8.19. The van der Waals surface area contributed by atoms with Crippen LogP contribution in [-0.2, 0) is 12.0 Å². The highest BCUT2D eigenvalue weighted by Crippen LogP contribution is 2.29. The smallest absolute Gasteiger partial charge is 0.270 e. The number of anilines is 2. The molecule has 3 aromatic heterocycles. The number of carbonyl (C=O) groups excluding carboxylic acids is 2. The minimum Gasteiger partial charge on any atom is -0.383 e. The molecule has 0 fully saturated rings. The molecule has 3 rings (SSSR count). The normalized spacial score (nSPS) is 12.3. The van der Waals surface area contributed by atoms with Crippen molar-refractivity contribution < 1.29 is 9.59 Å². The van der Waals surface area contributed by atoms with Gasteiger partial charge in [0, 0.05) is 17.7 Å². The van der Waals surface area contributed by atoms with E-state index in [1.807, 2.05) is 20.8 Å². The zero-order valence-corrected chi connectivity index (χ0v) is 20.1. The number of aromatic nitrogens is 5. The van der Waals surface area contributed by atoms with Crippen LogP contribution in [0.25, 0.3) is 0 Å². The minimum atomic E-state index is -0.492. The van der Waals surface area contributed by atoms with E-state index < -0.39 is 17.9 Å². The van der Waals surface area contributed by atoms with Crippen LogP contribution in [0.3, 0.4) is 0 Å². The molecular formula is C20H24ClN9O2S. The lowest BCUT2D eigenvalue weighted by atomic mass is 9.88. The summed E-state index contributed by atoms with van der Waals surface area (Å²) in [6, 6.07) is 1.20. The summed E-state index contributed by atoms with van der Waals surface area (Å²) in [4.78, 5) is 37.8. The van der Waals surface area contributed by atoms with Crippen molar-refractivity contribution in [2.45, 2.75) is 45.7 Å². The molecule has 1 unspecified atom stereocenters. The van der Waals surface area contributed by atoms with Crippen molar-refractivity contribution in [3.63, 3.8) is 0 Å². The first-order valence-electron chi connectivity index (χ1n) is 9.92. The Morgan fingerprint density at radius 1 is 1.18 bits per heavy atom. The Hall–Kier alpha value is -3.22. The van der Waals surface area contributed by atoms with Gasteiger partial charge in [-0.15, -0.1) is 21.5 Å². The van der Waals surface area contributed by atoms with Gasteiger partial charge in [0.1, 0.15) is 27.7 Å². The summed E-state index contributed by atoms with van der Waals surface area (Å²) in [5.41, 5.74) is 12.4. The minimum absolute atomic E-state index is 0.0237. The van der Waals surface area contributed by atoms with Crippen molar-refractivity contribution in [1.82, 2.24) is 30.5 Å². The highest BCUT2D eigenvalue weighted by Gasteiger charge is 2.23. The Bertz CT molecular complexity index is 1190. The third-order valence-electron chi connectivity index (χ3n) is 4.66. The topological polar surface area (TPSA) is 175 Å². The summed E-state index contributed by atoms with van der Waals surface area (Å²) >= 11 is 7.27. The SMILES string of the molecule is CC(NC(=O)c1ncnc(N)c1CN)c1ncc(C(=O)Nc2cc(C(C)(C)C)c(Cl)nn2)s1. The molecule has 0 aliphatic heterocycles. The molecule has 0 radical (unpaired) electrons. The van der Waals surface area contributed by atoms with Crippen LogP contribution in [0.2, 0.25) is 5.15 Å². The molecule has 2 amide bonds. The van der Waals surface area contributed by atoms with Gasteiger partial charge in [0.25, 0.3) is 11.8 Å². The predicted molar refractivity (Wildman–Crippen MR) is 126 cm³/mol. The van der Waals surface area contributed by atoms with Gasteiger partial charge < -0.3 is 22.1 Å². The lowest BCUT2D eigenvalue weighted by Crippen LogP contribution is -2.29. The Morgan fingerprint density at radius 2 is 1.91 bits per heavy atom. The van der Waals surface area contributed by atoms with Crippen LogP contribution in [0.5, 0.6) is 0 Å². The highest BCUT2D eigenvalue weighted by atomic mass is 35.5. The summed E-state index contributed by atoms with van der Waals surface area (Å²) in [5, 5.41) is 14.2. The summed E-state index contributed by atoms with van der Waals surface area (Å²) in [5.74, 6) is -0.438. The zero-order chi connectivity index (χ0) is 24.3. The summed E-state index contributed by atoms with van der Waals surface area (Å²) in [6.07, 6.45) is 2.63. The lowest BCUT2D eigenvalue weighted by Gasteiger charge is -2.20. The van der Waals surface area contributed by atoms with Crippen LogP contribution in [0.15, 0.2) is 18.6 Å². The molecule has 13 heteroatoms. The number of hydrogen-bond acceptors (Lipinski definition) is 10. The van der Waals surface area contributed by atoms with Crippen LogP contribution in [0.4, 0.5) is 11.6 Å². The molecule has 0 saturated carbocycles. The monoisotopic (exact) mass is 489 g/mol. The molecular weight excluding hydrogens is 466 g/mol. The number of nitrogens with zero attached hydrogens (tertiary/aromatic N) is 5. The third-order valence-corrected chi connectivity index (χ3v) is 6.12. The summed E-state index contributed by atoms with van der Waals surface area (Å²) in [7, 11) is 0. The van der Waals surface area contributed by atoms with Crippen LogP contribution >= 0.6 is 22.9 Å². The maximum atomic E-state index is 12.7. The van der Waals surface area contributed by atoms with Crippen LogP contribution in [-0.4, -0.2) is 37.0 Å². The van der Waals surface area contributed by atoms with E-state index in [4.69, 9.17) is 23.1 Å². The number of halogens is 1. The average molecular weight is 490 g/mol. The molecule has 3 heterocycles. The standard InChI is InChI=1S/C20H24ClN9O2S/c1-9(27-18(32)14-10(6-22)16(23)26-8-25-14)19-24-7-12(33-19)17(31)28-13-5-11(20(2,3)4)15(21)30-29-13/h5,7-9H,6,22H2,1-4H3,(H,27,32)(H2,23,25,26)(H,28,29,31). The average Bonchev–Trinajstić information content (AvgIpc) is 3.24. The molecule has 11 nitrogen and oxygen atoms in total. The van der Waals surface area contributed by atoms with Crippen LogP contribution < -0.4 is 22.1 Å². The van der Waals surface area contributed by atoms with Gasteiger partial charge >= 0.3 is 0 Å². The van der Waals surface area contributed by atoms with Crippen molar-refractivity contribution in [2.75, 3.05) is 11.1 Å². The number of nitrogens with one attached hydrogen (secondary N) is 2. The maximum Gasteiger partial charge on any atom is 0.270 e. The molecule has 0 aliphatic rings. The number of nitrogen functional groups attached to an aromatic ring is 1. The van der Waals surface area contributed by atoms with Gasteiger partial charge in [0.15, 0.2) is 11.0 Å².